The molecule has 0 aliphatic heterocycles. The van der Waals surface area contributed by atoms with Crippen LogP contribution in [0.2, 0.25) is 0 Å². The zero-order valence-electron chi connectivity index (χ0n) is 11.8. The summed E-state index contributed by atoms with van der Waals surface area (Å²) in [5, 5.41) is 13.3. The first kappa shape index (κ1) is 14.9. The maximum Gasteiger partial charge on any atom is 0.0613 e. The van der Waals surface area contributed by atoms with Crippen molar-refractivity contribution >= 4 is 11.8 Å². The first-order chi connectivity index (χ1) is 9.28. The molecule has 0 spiro atoms. The maximum atomic E-state index is 9.70. The van der Waals surface area contributed by atoms with E-state index in [0.717, 1.165) is 25.0 Å². The van der Waals surface area contributed by atoms with Gasteiger partial charge >= 0.3 is 0 Å². The molecule has 19 heavy (non-hydrogen) atoms. The molecule has 0 amide bonds. The Hall–Kier alpha value is -0.510. The minimum Gasteiger partial charge on any atom is -0.394 e. The lowest BCUT2D eigenvalue weighted by Crippen LogP contribution is -2.49. The number of aliphatic hydroxyl groups excluding tert-OH is 1. The van der Waals surface area contributed by atoms with E-state index in [1.54, 1.807) is 0 Å². The standard InChI is InChI=1S/C16H25NOS/c1-2-16(13-18,17-14-9-10-14)11-6-12-19-15-7-4-3-5-8-15/h3-5,7-8,14,17-18H,2,6,9-13H2,1H3. The SMILES string of the molecule is CCC(CO)(CCCSc1ccccc1)NC1CC1. The molecule has 1 aromatic rings. The van der Waals surface area contributed by atoms with Gasteiger partial charge in [-0.2, -0.15) is 0 Å². The Labute approximate surface area is 121 Å². The van der Waals surface area contributed by atoms with Gasteiger partial charge in [-0.05, 0) is 50.0 Å². The molecule has 1 saturated carbocycles. The lowest BCUT2D eigenvalue weighted by Gasteiger charge is -2.32. The first-order valence-corrected chi connectivity index (χ1v) is 8.33. The van der Waals surface area contributed by atoms with Gasteiger partial charge in [-0.1, -0.05) is 25.1 Å². The van der Waals surface area contributed by atoms with Crippen molar-refractivity contribution in [2.75, 3.05) is 12.4 Å². The second kappa shape index (κ2) is 7.32. The van der Waals surface area contributed by atoms with E-state index < -0.39 is 0 Å². The topological polar surface area (TPSA) is 32.3 Å². The normalized spacial score (nSPS) is 18.2. The Morgan fingerprint density at radius 2 is 2.05 bits per heavy atom. The third kappa shape index (κ3) is 4.83. The molecule has 1 atom stereocenters. The molecule has 1 aliphatic carbocycles. The Balaban J connectivity index is 1.72. The maximum absolute atomic E-state index is 9.70. The van der Waals surface area contributed by atoms with E-state index in [0.29, 0.717) is 6.04 Å². The summed E-state index contributed by atoms with van der Waals surface area (Å²) >= 11 is 1.91. The number of aliphatic hydroxyl groups is 1. The van der Waals surface area contributed by atoms with Crippen molar-refractivity contribution in [3.8, 4) is 0 Å². The van der Waals surface area contributed by atoms with Crippen LogP contribution < -0.4 is 5.32 Å². The lowest BCUT2D eigenvalue weighted by molar-refractivity contribution is 0.144. The van der Waals surface area contributed by atoms with Crippen molar-refractivity contribution in [3.05, 3.63) is 30.3 Å². The molecule has 106 valence electrons. The van der Waals surface area contributed by atoms with E-state index in [2.05, 4.69) is 42.6 Å². The number of thioether (sulfide) groups is 1. The molecule has 0 saturated heterocycles. The van der Waals surface area contributed by atoms with Crippen molar-refractivity contribution in [1.82, 2.24) is 5.32 Å². The van der Waals surface area contributed by atoms with Crippen LogP contribution in [0.5, 0.6) is 0 Å². The minimum atomic E-state index is -0.0432. The van der Waals surface area contributed by atoms with E-state index in [-0.39, 0.29) is 12.1 Å². The van der Waals surface area contributed by atoms with Gasteiger partial charge in [0.05, 0.1) is 6.61 Å². The highest BCUT2D eigenvalue weighted by atomic mass is 32.2. The molecule has 1 fully saturated rings. The van der Waals surface area contributed by atoms with Crippen molar-refractivity contribution < 1.29 is 5.11 Å². The molecule has 2 nitrogen and oxygen atoms in total. The van der Waals surface area contributed by atoms with Gasteiger partial charge in [-0.3, -0.25) is 0 Å². The zero-order chi connectivity index (χ0) is 13.6. The highest BCUT2D eigenvalue weighted by molar-refractivity contribution is 7.99. The van der Waals surface area contributed by atoms with Crippen molar-refractivity contribution in [1.29, 1.82) is 0 Å². The summed E-state index contributed by atoms with van der Waals surface area (Å²) in [6, 6.07) is 11.2. The molecule has 1 aromatic carbocycles. The van der Waals surface area contributed by atoms with Gasteiger partial charge in [-0.25, -0.2) is 0 Å². The summed E-state index contributed by atoms with van der Waals surface area (Å²) < 4.78 is 0. The van der Waals surface area contributed by atoms with Crippen LogP contribution in [0.3, 0.4) is 0 Å². The van der Waals surface area contributed by atoms with Gasteiger partial charge < -0.3 is 10.4 Å². The Bertz CT molecular complexity index is 360. The second-order valence-corrected chi connectivity index (χ2v) is 6.64. The average molecular weight is 279 g/mol. The first-order valence-electron chi connectivity index (χ1n) is 7.34. The molecule has 1 aliphatic rings. The summed E-state index contributed by atoms with van der Waals surface area (Å²) in [6.07, 6.45) is 5.78. The molecule has 1 unspecified atom stereocenters. The molecule has 0 radical (unpaired) electrons. The summed E-state index contributed by atoms with van der Waals surface area (Å²) in [4.78, 5) is 1.34. The summed E-state index contributed by atoms with van der Waals surface area (Å²) in [5.41, 5.74) is -0.0432. The van der Waals surface area contributed by atoms with E-state index in [9.17, 15) is 5.11 Å². The van der Waals surface area contributed by atoms with Crippen LogP contribution in [0, 0.1) is 0 Å². The number of nitrogens with one attached hydrogen (secondary N) is 1. The Kier molecular flexibility index (Phi) is 5.74. The van der Waals surface area contributed by atoms with Gasteiger partial charge in [0.15, 0.2) is 0 Å². The van der Waals surface area contributed by atoms with Crippen LogP contribution in [-0.2, 0) is 0 Å². The predicted octanol–water partition coefficient (Wildman–Crippen LogP) is 3.45. The lowest BCUT2D eigenvalue weighted by atomic mass is 9.91. The molecule has 0 aromatic heterocycles. The van der Waals surface area contributed by atoms with Gasteiger partial charge in [0.1, 0.15) is 0 Å². The third-order valence-electron chi connectivity index (χ3n) is 3.88. The van der Waals surface area contributed by atoms with Gasteiger partial charge in [0.2, 0.25) is 0 Å². The Morgan fingerprint density at radius 3 is 2.63 bits per heavy atom. The largest absolute Gasteiger partial charge is 0.394 e. The predicted molar refractivity (Wildman–Crippen MR) is 82.7 cm³/mol. The molecular weight excluding hydrogens is 254 g/mol. The fraction of sp³-hybridized carbons (Fsp3) is 0.625. The monoisotopic (exact) mass is 279 g/mol. The Morgan fingerprint density at radius 1 is 1.32 bits per heavy atom. The quantitative estimate of drug-likeness (QED) is 0.536. The second-order valence-electron chi connectivity index (χ2n) is 5.48. The van der Waals surface area contributed by atoms with Crippen LogP contribution >= 0.6 is 11.8 Å². The van der Waals surface area contributed by atoms with Gasteiger partial charge in [0, 0.05) is 16.5 Å². The van der Waals surface area contributed by atoms with Crippen LogP contribution in [0.4, 0.5) is 0 Å². The fourth-order valence-electron chi connectivity index (χ4n) is 2.37. The summed E-state index contributed by atoms with van der Waals surface area (Å²) in [6.45, 7) is 2.44. The molecule has 0 heterocycles. The summed E-state index contributed by atoms with van der Waals surface area (Å²) in [7, 11) is 0. The minimum absolute atomic E-state index is 0.0432. The van der Waals surface area contributed by atoms with Crippen molar-refractivity contribution in [2.45, 2.75) is 55.5 Å². The highest BCUT2D eigenvalue weighted by Gasteiger charge is 2.33. The fourth-order valence-corrected chi connectivity index (χ4v) is 3.24. The zero-order valence-corrected chi connectivity index (χ0v) is 12.6. The number of rotatable bonds is 9. The average Bonchev–Trinajstić information content (AvgIpc) is 3.27. The van der Waals surface area contributed by atoms with E-state index in [4.69, 9.17) is 0 Å². The van der Waals surface area contributed by atoms with Gasteiger partial charge in [0.25, 0.3) is 0 Å². The number of benzene rings is 1. The smallest absolute Gasteiger partial charge is 0.0613 e. The molecule has 2 rings (SSSR count). The van der Waals surface area contributed by atoms with Crippen LogP contribution in [-0.4, -0.2) is 29.0 Å². The third-order valence-corrected chi connectivity index (χ3v) is 4.98. The number of hydrogen-bond acceptors (Lipinski definition) is 3. The van der Waals surface area contributed by atoms with Crippen molar-refractivity contribution in [3.63, 3.8) is 0 Å². The van der Waals surface area contributed by atoms with E-state index >= 15 is 0 Å². The number of hydrogen-bond donors (Lipinski definition) is 2. The molecule has 3 heteroatoms. The van der Waals surface area contributed by atoms with Crippen molar-refractivity contribution in [2.24, 2.45) is 0 Å². The molecule has 0 bridgehead atoms. The van der Waals surface area contributed by atoms with E-state index in [1.165, 1.54) is 17.7 Å². The van der Waals surface area contributed by atoms with Crippen LogP contribution in [0.15, 0.2) is 35.2 Å². The summed E-state index contributed by atoms with van der Waals surface area (Å²) in [5.74, 6) is 1.12. The van der Waals surface area contributed by atoms with Gasteiger partial charge in [-0.15, -0.1) is 11.8 Å². The van der Waals surface area contributed by atoms with Crippen LogP contribution in [0.1, 0.15) is 39.0 Å². The van der Waals surface area contributed by atoms with Crippen LogP contribution in [0.25, 0.3) is 0 Å². The highest BCUT2D eigenvalue weighted by Crippen LogP contribution is 2.28. The molecular formula is C16H25NOS. The molecule has 2 N–H and O–H groups in total. The van der Waals surface area contributed by atoms with E-state index in [1.807, 2.05) is 11.8 Å².